The largest absolute Gasteiger partial charge is 0.433 e. The van der Waals surface area contributed by atoms with E-state index in [1.165, 1.54) is 25.0 Å². The predicted octanol–water partition coefficient (Wildman–Crippen LogP) is 2.85. The Morgan fingerprint density at radius 3 is 2.52 bits per heavy atom. The Balaban J connectivity index is 1.60. The van der Waals surface area contributed by atoms with Crippen molar-refractivity contribution in [1.82, 2.24) is 9.80 Å². The normalized spacial score (nSPS) is 21.3. The molecular weight excluding hydrogens is 322 g/mol. The zero-order chi connectivity index (χ0) is 17.4. The minimum absolute atomic E-state index is 0.0208. The van der Waals surface area contributed by atoms with Gasteiger partial charge in [-0.3, -0.25) is 19.8 Å². The Morgan fingerprint density at radius 2 is 1.88 bits per heavy atom. The summed E-state index contributed by atoms with van der Waals surface area (Å²) in [6.07, 6.45) is 2.44. The standard InChI is InChI=1S/C18H19N3O4/c22-18(16-8-9-17(25-16)21(23)24)20-11-10-19(14-6-7-14)12-15(20)13-4-2-1-3-5-13/h1-5,8-9,14-15H,6-7,10-12H2. The zero-order valence-corrected chi connectivity index (χ0v) is 13.7. The van der Waals surface area contributed by atoms with Crippen LogP contribution in [-0.4, -0.2) is 46.3 Å². The molecule has 2 aliphatic rings. The van der Waals surface area contributed by atoms with E-state index >= 15 is 0 Å². The Hall–Kier alpha value is -2.67. The summed E-state index contributed by atoms with van der Waals surface area (Å²) in [6, 6.07) is 13.1. The molecule has 1 saturated heterocycles. The van der Waals surface area contributed by atoms with E-state index in [4.69, 9.17) is 4.42 Å². The second-order valence-corrected chi connectivity index (χ2v) is 6.55. The summed E-state index contributed by atoms with van der Waals surface area (Å²) in [6.45, 7) is 2.19. The molecule has 2 heterocycles. The summed E-state index contributed by atoms with van der Waals surface area (Å²) in [5.74, 6) is -0.680. The van der Waals surface area contributed by atoms with E-state index in [-0.39, 0.29) is 17.7 Å². The molecule has 1 saturated carbocycles. The van der Waals surface area contributed by atoms with Crippen LogP contribution in [-0.2, 0) is 0 Å². The van der Waals surface area contributed by atoms with Gasteiger partial charge in [-0.25, -0.2) is 0 Å². The van der Waals surface area contributed by atoms with E-state index < -0.39 is 10.8 Å². The third-order valence-corrected chi connectivity index (χ3v) is 4.90. The highest BCUT2D eigenvalue weighted by Crippen LogP contribution is 2.34. The Bertz CT molecular complexity index is 785. The van der Waals surface area contributed by atoms with Crippen LogP contribution in [0.2, 0.25) is 0 Å². The number of carbonyl (C=O) groups excluding carboxylic acids is 1. The molecule has 7 heteroatoms. The fraction of sp³-hybridized carbons (Fsp3) is 0.389. The summed E-state index contributed by atoms with van der Waals surface area (Å²) in [5, 5.41) is 10.8. The summed E-state index contributed by atoms with van der Waals surface area (Å²) >= 11 is 0. The molecule has 0 radical (unpaired) electrons. The molecule has 2 fully saturated rings. The smallest absolute Gasteiger partial charge is 0.395 e. The summed E-state index contributed by atoms with van der Waals surface area (Å²) in [4.78, 5) is 27.3. The number of nitrogens with zero attached hydrogens (tertiary/aromatic N) is 3. The van der Waals surface area contributed by atoms with Crippen LogP contribution in [0.3, 0.4) is 0 Å². The molecule has 130 valence electrons. The maximum atomic E-state index is 12.9. The summed E-state index contributed by atoms with van der Waals surface area (Å²) in [5.41, 5.74) is 1.07. The molecule has 1 aromatic carbocycles. The maximum Gasteiger partial charge on any atom is 0.433 e. The van der Waals surface area contributed by atoms with Crippen molar-refractivity contribution in [2.45, 2.75) is 24.9 Å². The van der Waals surface area contributed by atoms with Crippen molar-refractivity contribution in [3.8, 4) is 0 Å². The number of piperazine rings is 1. The minimum Gasteiger partial charge on any atom is -0.395 e. The lowest BCUT2D eigenvalue weighted by Gasteiger charge is -2.41. The van der Waals surface area contributed by atoms with Crippen LogP contribution in [0.1, 0.15) is 35.0 Å². The first kappa shape index (κ1) is 15.8. The topological polar surface area (TPSA) is 79.8 Å². The van der Waals surface area contributed by atoms with Gasteiger partial charge in [0.1, 0.15) is 4.92 Å². The Labute approximate surface area is 145 Å². The molecule has 1 aromatic heterocycles. The molecule has 1 amide bonds. The van der Waals surface area contributed by atoms with E-state index in [2.05, 4.69) is 4.90 Å². The van der Waals surface area contributed by atoms with Gasteiger partial charge in [0.15, 0.2) is 5.76 Å². The van der Waals surface area contributed by atoms with E-state index in [0.717, 1.165) is 18.7 Å². The number of hydrogen-bond donors (Lipinski definition) is 0. The third kappa shape index (κ3) is 3.15. The fourth-order valence-electron chi connectivity index (χ4n) is 3.46. The molecule has 0 spiro atoms. The van der Waals surface area contributed by atoms with Crippen LogP contribution in [0.4, 0.5) is 5.88 Å². The van der Waals surface area contributed by atoms with Gasteiger partial charge in [0.2, 0.25) is 0 Å². The van der Waals surface area contributed by atoms with Crippen molar-refractivity contribution in [3.63, 3.8) is 0 Å². The van der Waals surface area contributed by atoms with E-state index in [1.807, 2.05) is 30.3 Å². The molecule has 7 nitrogen and oxygen atoms in total. The first-order valence-electron chi connectivity index (χ1n) is 8.47. The second-order valence-electron chi connectivity index (χ2n) is 6.55. The molecule has 1 aliphatic heterocycles. The van der Waals surface area contributed by atoms with Crippen molar-refractivity contribution in [3.05, 3.63) is 63.9 Å². The number of nitro groups is 1. The van der Waals surface area contributed by atoms with Crippen LogP contribution in [0.15, 0.2) is 46.9 Å². The highest BCUT2D eigenvalue weighted by atomic mass is 16.6. The van der Waals surface area contributed by atoms with Gasteiger partial charge < -0.3 is 9.32 Å². The van der Waals surface area contributed by atoms with E-state index in [0.29, 0.717) is 12.6 Å². The number of amides is 1. The molecule has 25 heavy (non-hydrogen) atoms. The van der Waals surface area contributed by atoms with Crippen molar-refractivity contribution < 1.29 is 14.1 Å². The first-order valence-corrected chi connectivity index (χ1v) is 8.47. The van der Waals surface area contributed by atoms with Crippen molar-refractivity contribution >= 4 is 11.8 Å². The summed E-state index contributed by atoms with van der Waals surface area (Å²) in [7, 11) is 0. The van der Waals surface area contributed by atoms with Gasteiger partial charge in [-0.15, -0.1) is 0 Å². The second kappa shape index (κ2) is 6.33. The number of hydrogen-bond acceptors (Lipinski definition) is 5. The number of furan rings is 1. The van der Waals surface area contributed by atoms with Gasteiger partial charge in [0, 0.05) is 25.7 Å². The maximum absolute atomic E-state index is 12.9. The predicted molar refractivity (Wildman–Crippen MR) is 90.2 cm³/mol. The van der Waals surface area contributed by atoms with Gasteiger partial charge in [-0.1, -0.05) is 30.3 Å². The molecule has 2 aromatic rings. The first-order chi connectivity index (χ1) is 12.1. The molecule has 0 N–H and O–H groups in total. The zero-order valence-electron chi connectivity index (χ0n) is 13.7. The number of rotatable bonds is 4. The highest BCUT2D eigenvalue weighted by molar-refractivity contribution is 5.92. The van der Waals surface area contributed by atoms with Gasteiger partial charge in [-0.2, -0.15) is 0 Å². The Kier molecular flexibility index (Phi) is 4.01. The SMILES string of the molecule is O=C(c1ccc([N+](=O)[O-])o1)N1CCN(C2CC2)CC1c1ccccc1. The van der Waals surface area contributed by atoms with Gasteiger partial charge in [0.05, 0.1) is 12.1 Å². The lowest BCUT2D eigenvalue weighted by molar-refractivity contribution is -0.402. The van der Waals surface area contributed by atoms with Crippen LogP contribution < -0.4 is 0 Å². The summed E-state index contributed by atoms with van der Waals surface area (Å²) < 4.78 is 5.13. The van der Waals surface area contributed by atoms with Gasteiger partial charge in [0.25, 0.3) is 5.91 Å². The highest BCUT2D eigenvalue weighted by Gasteiger charge is 2.38. The molecule has 1 aliphatic carbocycles. The van der Waals surface area contributed by atoms with Gasteiger partial charge >= 0.3 is 5.88 Å². The fourth-order valence-corrected chi connectivity index (χ4v) is 3.46. The van der Waals surface area contributed by atoms with Crippen molar-refractivity contribution in [2.75, 3.05) is 19.6 Å². The molecular formula is C18H19N3O4. The average molecular weight is 341 g/mol. The lowest BCUT2D eigenvalue weighted by Crippen LogP contribution is -2.51. The third-order valence-electron chi connectivity index (χ3n) is 4.90. The van der Waals surface area contributed by atoms with Crippen molar-refractivity contribution in [2.24, 2.45) is 0 Å². The molecule has 4 rings (SSSR count). The van der Waals surface area contributed by atoms with Crippen LogP contribution in [0.25, 0.3) is 0 Å². The number of benzene rings is 1. The molecule has 0 bridgehead atoms. The van der Waals surface area contributed by atoms with Crippen LogP contribution in [0.5, 0.6) is 0 Å². The van der Waals surface area contributed by atoms with Gasteiger partial charge in [-0.05, 0) is 24.5 Å². The molecule has 1 unspecified atom stereocenters. The van der Waals surface area contributed by atoms with Crippen LogP contribution >= 0.6 is 0 Å². The molecule has 1 atom stereocenters. The van der Waals surface area contributed by atoms with E-state index in [9.17, 15) is 14.9 Å². The average Bonchev–Trinajstić information content (AvgIpc) is 3.37. The van der Waals surface area contributed by atoms with E-state index in [1.54, 1.807) is 4.90 Å². The minimum atomic E-state index is -0.628. The van der Waals surface area contributed by atoms with Crippen molar-refractivity contribution in [1.29, 1.82) is 0 Å². The quantitative estimate of drug-likeness (QED) is 0.631. The number of carbonyl (C=O) groups is 1. The lowest BCUT2D eigenvalue weighted by atomic mass is 10.0. The monoisotopic (exact) mass is 341 g/mol. The van der Waals surface area contributed by atoms with Crippen LogP contribution in [0, 0.1) is 10.1 Å². The Morgan fingerprint density at radius 1 is 1.12 bits per heavy atom.